The van der Waals surface area contributed by atoms with Crippen molar-refractivity contribution in [2.45, 2.75) is 25.8 Å². The molecule has 0 radical (unpaired) electrons. The summed E-state index contributed by atoms with van der Waals surface area (Å²) in [6.45, 7) is 3.30. The minimum absolute atomic E-state index is 0.0321. The van der Waals surface area contributed by atoms with Crippen LogP contribution in [0, 0.1) is 5.92 Å². The van der Waals surface area contributed by atoms with Gasteiger partial charge in [0.15, 0.2) is 0 Å². The van der Waals surface area contributed by atoms with Gasteiger partial charge in [-0.3, -0.25) is 9.59 Å². The van der Waals surface area contributed by atoms with Gasteiger partial charge in [0.2, 0.25) is 5.91 Å². The molecule has 4 nitrogen and oxygen atoms in total. The summed E-state index contributed by atoms with van der Waals surface area (Å²) in [5.74, 6) is 0.137. The van der Waals surface area contributed by atoms with E-state index in [2.05, 4.69) is 35.6 Å². The van der Waals surface area contributed by atoms with Crippen LogP contribution in [0.25, 0.3) is 10.8 Å². The van der Waals surface area contributed by atoms with Crippen LogP contribution in [0.4, 0.5) is 0 Å². The van der Waals surface area contributed by atoms with Gasteiger partial charge in [-0.15, -0.1) is 11.3 Å². The van der Waals surface area contributed by atoms with E-state index in [1.165, 1.54) is 22.1 Å². The summed E-state index contributed by atoms with van der Waals surface area (Å²) in [6.07, 6.45) is 1.43. The van der Waals surface area contributed by atoms with Gasteiger partial charge in [0.1, 0.15) is 0 Å². The summed E-state index contributed by atoms with van der Waals surface area (Å²) in [4.78, 5) is 27.8. The second kappa shape index (κ2) is 8.15. The van der Waals surface area contributed by atoms with Crippen molar-refractivity contribution in [3.05, 3.63) is 70.4 Å². The second-order valence-corrected chi connectivity index (χ2v) is 8.33. The maximum absolute atomic E-state index is 12.7. The van der Waals surface area contributed by atoms with Crippen LogP contribution in [0.5, 0.6) is 0 Å². The third-order valence-corrected chi connectivity index (χ3v) is 6.38. The van der Waals surface area contributed by atoms with Crippen molar-refractivity contribution >= 4 is 33.9 Å². The van der Waals surface area contributed by atoms with E-state index in [4.69, 9.17) is 0 Å². The number of amides is 2. The molecular formula is C23H24N2O2S. The topological polar surface area (TPSA) is 49.4 Å². The average molecular weight is 393 g/mol. The molecule has 1 N–H and O–H groups in total. The van der Waals surface area contributed by atoms with Crippen molar-refractivity contribution in [2.24, 2.45) is 5.92 Å². The normalized spacial score (nSPS) is 16.1. The lowest BCUT2D eigenvalue weighted by Gasteiger charge is -2.31. The first-order valence-corrected chi connectivity index (χ1v) is 10.6. The first kappa shape index (κ1) is 18.7. The van der Waals surface area contributed by atoms with Crippen LogP contribution in [0.3, 0.4) is 0 Å². The van der Waals surface area contributed by atoms with Crippen molar-refractivity contribution in [2.75, 3.05) is 13.1 Å². The highest BCUT2D eigenvalue weighted by molar-refractivity contribution is 7.12. The van der Waals surface area contributed by atoms with Crippen molar-refractivity contribution in [1.82, 2.24) is 10.2 Å². The van der Waals surface area contributed by atoms with Crippen LogP contribution in [0.1, 0.15) is 41.0 Å². The Kier molecular flexibility index (Phi) is 5.44. The summed E-state index contributed by atoms with van der Waals surface area (Å²) in [7, 11) is 0. The molecule has 0 saturated carbocycles. The highest BCUT2D eigenvalue weighted by Crippen LogP contribution is 2.24. The van der Waals surface area contributed by atoms with Crippen LogP contribution in [-0.4, -0.2) is 29.8 Å². The Morgan fingerprint density at radius 3 is 2.50 bits per heavy atom. The summed E-state index contributed by atoms with van der Waals surface area (Å²) in [5, 5.41) is 7.46. The Balaban J connectivity index is 1.34. The molecule has 2 aromatic carbocycles. The Morgan fingerprint density at radius 2 is 1.79 bits per heavy atom. The number of nitrogens with zero attached hydrogens (tertiary/aromatic N) is 1. The quantitative estimate of drug-likeness (QED) is 0.704. The molecule has 3 aromatic rings. The van der Waals surface area contributed by atoms with Gasteiger partial charge in [-0.2, -0.15) is 0 Å². The number of benzene rings is 2. The fourth-order valence-electron chi connectivity index (χ4n) is 3.79. The number of hydrogen-bond acceptors (Lipinski definition) is 3. The molecule has 1 aromatic heterocycles. The minimum atomic E-state index is -0.0390. The number of fused-ring (bicyclic) bond motifs is 1. The average Bonchev–Trinajstić information content (AvgIpc) is 3.28. The highest BCUT2D eigenvalue weighted by atomic mass is 32.1. The second-order valence-electron chi connectivity index (χ2n) is 7.38. The van der Waals surface area contributed by atoms with Gasteiger partial charge < -0.3 is 10.2 Å². The lowest BCUT2D eigenvalue weighted by Crippen LogP contribution is -2.43. The first-order chi connectivity index (χ1) is 13.6. The van der Waals surface area contributed by atoms with Crippen LogP contribution >= 0.6 is 11.3 Å². The van der Waals surface area contributed by atoms with Gasteiger partial charge in [0.05, 0.1) is 10.9 Å². The summed E-state index contributed by atoms with van der Waals surface area (Å²) < 4.78 is 0. The number of rotatable bonds is 4. The van der Waals surface area contributed by atoms with Gasteiger partial charge >= 0.3 is 0 Å². The van der Waals surface area contributed by atoms with E-state index in [1.54, 1.807) is 0 Å². The van der Waals surface area contributed by atoms with E-state index in [0.717, 1.165) is 10.4 Å². The van der Waals surface area contributed by atoms with E-state index in [0.29, 0.717) is 25.9 Å². The molecule has 0 spiro atoms. The molecule has 1 aliphatic heterocycles. The number of thiophene rings is 1. The van der Waals surface area contributed by atoms with E-state index >= 15 is 0 Å². The fraction of sp³-hybridized carbons (Fsp3) is 0.304. The molecule has 2 heterocycles. The Labute approximate surface area is 169 Å². The van der Waals surface area contributed by atoms with E-state index in [9.17, 15) is 9.59 Å². The van der Waals surface area contributed by atoms with Gasteiger partial charge in [0, 0.05) is 19.0 Å². The molecule has 0 bridgehead atoms. The predicted octanol–water partition coefficient (Wildman–Crippen LogP) is 4.63. The number of carbonyl (C=O) groups excluding carboxylic acids is 2. The number of hydrogen-bond donors (Lipinski definition) is 1. The van der Waals surface area contributed by atoms with Gasteiger partial charge in [-0.25, -0.2) is 0 Å². The molecule has 144 valence electrons. The maximum atomic E-state index is 12.7. The van der Waals surface area contributed by atoms with Crippen molar-refractivity contribution in [1.29, 1.82) is 0 Å². The summed E-state index contributed by atoms with van der Waals surface area (Å²) >= 11 is 1.47. The van der Waals surface area contributed by atoms with Crippen molar-refractivity contribution in [3.63, 3.8) is 0 Å². The zero-order valence-corrected chi connectivity index (χ0v) is 16.7. The molecule has 4 rings (SSSR count). The largest absolute Gasteiger partial charge is 0.349 e. The molecule has 0 aliphatic carbocycles. The number of carbonyl (C=O) groups is 2. The van der Waals surface area contributed by atoms with E-state index in [-0.39, 0.29) is 23.8 Å². The third-order valence-electron chi connectivity index (χ3n) is 5.52. The zero-order chi connectivity index (χ0) is 19.5. The van der Waals surface area contributed by atoms with E-state index < -0.39 is 0 Å². The molecule has 1 aliphatic rings. The maximum Gasteiger partial charge on any atom is 0.263 e. The predicted molar refractivity (Wildman–Crippen MR) is 113 cm³/mol. The molecule has 5 heteroatoms. The molecule has 1 saturated heterocycles. The zero-order valence-electron chi connectivity index (χ0n) is 15.9. The van der Waals surface area contributed by atoms with Crippen LogP contribution in [0.2, 0.25) is 0 Å². The van der Waals surface area contributed by atoms with Crippen LogP contribution in [-0.2, 0) is 4.79 Å². The van der Waals surface area contributed by atoms with Gasteiger partial charge in [-0.1, -0.05) is 42.5 Å². The molecular weight excluding hydrogens is 368 g/mol. The number of likely N-dealkylation sites (tertiary alicyclic amines) is 1. The smallest absolute Gasteiger partial charge is 0.263 e. The SMILES string of the molecule is CC(NC(=O)C1CCN(C(=O)c2cccs2)CC1)c1ccc2ccccc2c1. The van der Waals surface area contributed by atoms with Crippen LogP contribution in [0.15, 0.2) is 60.0 Å². The lowest BCUT2D eigenvalue weighted by atomic mass is 9.94. The number of piperidine rings is 1. The first-order valence-electron chi connectivity index (χ1n) is 9.73. The lowest BCUT2D eigenvalue weighted by molar-refractivity contribution is -0.126. The molecule has 1 unspecified atom stereocenters. The monoisotopic (exact) mass is 392 g/mol. The van der Waals surface area contributed by atoms with Gasteiger partial charge in [0.25, 0.3) is 5.91 Å². The summed E-state index contributed by atoms with van der Waals surface area (Å²) in [5.41, 5.74) is 1.11. The Morgan fingerprint density at radius 1 is 1.04 bits per heavy atom. The third kappa shape index (κ3) is 3.94. The summed E-state index contributed by atoms with van der Waals surface area (Å²) in [6, 6.07) is 18.3. The van der Waals surface area contributed by atoms with Crippen molar-refractivity contribution in [3.8, 4) is 0 Å². The molecule has 2 amide bonds. The standard InChI is InChI=1S/C23H24N2O2S/c1-16(19-9-8-17-5-2-3-6-20(17)15-19)24-22(26)18-10-12-25(13-11-18)23(27)21-7-4-14-28-21/h2-9,14-16,18H,10-13H2,1H3,(H,24,26). The molecule has 1 fully saturated rings. The molecule has 28 heavy (non-hydrogen) atoms. The number of nitrogens with one attached hydrogen (secondary N) is 1. The fourth-order valence-corrected chi connectivity index (χ4v) is 4.48. The minimum Gasteiger partial charge on any atom is -0.349 e. The van der Waals surface area contributed by atoms with Gasteiger partial charge in [-0.05, 0) is 53.6 Å². The van der Waals surface area contributed by atoms with E-state index in [1.807, 2.05) is 41.5 Å². The highest BCUT2D eigenvalue weighted by Gasteiger charge is 2.28. The Hall–Kier alpha value is -2.66. The molecule has 1 atom stereocenters. The Bertz CT molecular complexity index is 975. The van der Waals surface area contributed by atoms with Crippen LogP contribution < -0.4 is 5.32 Å². The van der Waals surface area contributed by atoms with Crippen molar-refractivity contribution < 1.29 is 9.59 Å².